The molecule has 0 bridgehead atoms. The molecule has 0 saturated carbocycles. The van der Waals surface area contributed by atoms with E-state index >= 15 is 0 Å². The maximum atomic E-state index is 13.3. The van der Waals surface area contributed by atoms with Gasteiger partial charge < -0.3 is 4.74 Å². The number of alkyl halides is 12. The lowest BCUT2D eigenvalue weighted by Crippen LogP contribution is -2.74. The Labute approximate surface area is 383 Å². The Morgan fingerprint density at radius 2 is 0.765 bits per heavy atom. The van der Waals surface area contributed by atoms with Gasteiger partial charge in [-0.15, -0.1) is 0 Å². The highest BCUT2D eigenvalue weighted by atomic mass is 32.2. The number of ketones is 1. The number of para-hydroxylation sites is 1. The van der Waals surface area contributed by atoms with Gasteiger partial charge in [0.2, 0.25) is 5.78 Å². The van der Waals surface area contributed by atoms with Crippen molar-refractivity contribution in [3.05, 3.63) is 215 Å². The fourth-order valence-corrected chi connectivity index (χ4v) is 8.46. The molecule has 1 atom stereocenters. The summed E-state index contributed by atoms with van der Waals surface area (Å²) in [5.74, 6) is 3.94. The van der Waals surface area contributed by atoms with Gasteiger partial charge in [-0.1, -0.05) is 138 Å². The molecule has 0 spiro atoms. The third kappa shape index (κ3) is 12.5. The van der Waals surface area contributed by atoms with Crippen LogP contribution in [0.3, 0.4) is 0 Å². The molecule has 1 unspecified atom stereocenters. The highest BCUT2D eigenvalue weighted by Crippen LogP contribution is 2.33. The second-order valence-corrected chi connectivity index (χ2v) is 18.0. The van der Waals surface area contributed by atoms with Crippen LogP contribution in [0.1, 0.15) is 38.2 Å². The van der Waals surface area contributed by atoms with E-state index in [1.165, 1.54) is 6.26 Å². The van der Waals surface area contributed by atoms with E-state index in [2.05, 4.69) is 11.2 Å². The van der Waals surface area contributed by atoms with E-state index < -0.39 is 63.0 Å². The molecule has 0 aliphatic heterocycles. The van der Waals surface area contributed by atoms with Gasteiger partial charge in [-0.2, -0.15) is 74.5 Å². The van der Waals surface area contributed by atoms with Crippen LogP contribution in [0, 0.1) is 11.2 Å². The highest BCUT2D eigenvalue weighted by Gasteiger charge is 2.38. The molecule has 0 radical (unpaired) electrons. The minimum Gasteiger partial charge on any atom is -0.457 e. The Kier molecular flexibility index (Phi) is 14.8. The zero-order valence-corrected chi connectivity index (χ0v) is 36.1. The molecule has 7 aromatic rings. The Morgan fingerprint density at radius 3 is 1.09 bits per heavy atom. The van der Waals surface area contributed by atoms with Crippen molar-refractivity contribution < 1.29 is 66.4 Å². The number of rotatable bonds is 9. The molecular weight excluding hydrogens is 931 g/mol. The third-order valence-electron chi connectivity index (χ3n) is 10.7. The number of carbonyl (C=O) groups is 1. The molecular formula is C51H35BF12O3S. The van der Waals surface area contributed by atoms with Crippen LogP contribution in [0.4, 0.5) is 52.7 Å². The predicted molar refractivity (Wildman–Crippen MR) is 240 cm³/mol. The second-order valence-electron chi connectivity index (χ2n) is 15.5. The number of benzene rings is 7. The lowest BCUT2D eigenvalue weighted by atomic mass is 9.13. The summed E-state index contributed by atoms with van der Waals surface area (Å²) in [4.78, 5) is 12.5. The molecule has 0 fully saturated rings. The molecule has 0 aliphatic rings. The Morgan fingerprint density at radius 1 is 0.456 bits per heavy atom. The molecule has 3 nitrogen and oxygen atoms in total. The van der Waals surface area contributed by atoms with Crippen molar-refractivity contribution in [2.45, 2.75) is 24.7 Å². The molecule has 0 amide bonds. The summed E-state index contributed by atoms with van der Waals surface area (Å²) in [6.07, 6.45) is -20.5. The maximum absolute atomic E-state index is 13.3. The minimum atomic E-state index is -4.77. The summed E-state index contributed by atoms with van der Waals surface area (Å²) >= 11 is 0. The normalized spacial score (nSPS) is 13.0. The van der Waals surface area contributed by atoms with Crippen LogP contribution in [0.2, 0.25) is 0 Å². The zero-order valence-electron chi connectivity index (χ0n) is 35.3. The Bertz CT molecular complexity index is 2670. The SMILES string of the molecule is C[S+](=O)(C#Cc1ccccc1)CC(=O)c1ccc(Oc2ccccc2)cc1.FC(F)(F)c1ccc([B-](c2ccc(C(F)(F)F)cc2)(c2ccc(C(F)(F)F)cc2)c2ccc(C(F)(F)F)cc2)cc1. The van der Waals surface area contributed by atoms with Gasteiger partial charge in [0.25, 0.3) is 0 Å². The molecule has 0 N–H and O–H groups in total. The minimum absolute atomic E-state index is 0.0114. The fraction of sp³-hybridized carbons (Fsp3) is 0.118. The van der Waals surface area contributed by atoms with Crippen LogP contribution in [-0.2, 0) is 38.8 Å². The first-order valence-corrected chi connectivity index (χ1v) is 22.3. The maximum Gasteiger partial charge on any atom is 0.416 e. The molecule has 7 aromatic carbocycles. The number of carbonyl (C=O) groups excluding carboxylic acids is 1. The van der Waals surface area contributed by atoms with Crippen LogP contribution in [0.15, 0.2) is 182 Å². The van der Waals surface area contributed by atoms with E-state index in [0.717, 1.165) is 59.8 Å². The molecule has 17 heteroatoms. The lowest BCUT2D eigenvalue weighted by molar-refractivity contribution is -0.138. The van der Waals surface area contributed by atoms with Crippen LogP contribution in [0.25, 0.3) is 0 Å². The van der Waals surface area contributed by atoms with Crippen molar-refractivity contribution in [1.82, 2.24) is 0 Å². The molecule has 68 heavy (non-hydrogen) atoms. The van der Waals surface area contributed by atoms with Gasteiger partial charge in [-0.3, -0.25) is 4.79 Å². The number of hydrogen-bond acceptors (Lipinski definition) is 3. The first-order valence-electron chi connectivity index (χ1n) is 20.1. The van der Waals surface area contributed by atoms with Crippen molar-refractivity contribution in [2.75, 3.05) is 12.0 Å². The largest absolute Gasteiger partial charge is 0.457 e. The zero-order chi connectivity index (χ0) is 49.5. The first-order chi connectivity index (χ1) is 31.9. The van der Waals surface area contributed by atoms with E-state index in [9.17, 15) is 61.7 Å². The topological polar surface area (TPSA) is 43.4 Å². The summed E-state index contributed by atoms with van der Waals surface area (Å²) in [5.41, 5.74) is -3.02. The average molecular weight is 967 g/mol. The average Bonchev–Trinajstić information content (AvgIpc) is 3.29. The van der Waals surface area contributed by atoms with E-state index in [1.54, 1.807) is 24.3 Å². The molecule has 0 heterocycles. The van der Waals surface area contributed by atoms with E-state index in [1.807, 2.05) is 60.7 Å². The summed E-state index contributed by atoms with van der Waals surface area (Å²) in [5, 5.41) is 2.75. The van der Waals surface area contributed by atoms with Gasteiger partial charge in [0.05, 0.1) is 22.3 Å². The van der Waals surface area contributed by atoms with E-state index in [-0.39, 0.29) is 33.4 Å². The summed E-state index contributed by atoms with van der Waals surface area (Å²) in [7, 11) is -2.58. The Balaban J connectivity index is 0.000000244. The van der Waals surface area contributed by atoms with Crippen molar-refractivity contribution in [3.8, 4) is 22.7 Å². The predicted octanol–water partition coefficient (Wildman–Crippen LogP) is 11.9. The molecule has 0 aromatic heterocycles. The van der Waals surface area contributed by atoms with Gasteiger partial charge in [0, 0.05) is 11.1 Å². The van der Waals surface area contributed by atoms with Crippen LogP contribution in [-0.4, -0.2) is 23.9 Å². The Hall–Kier alpha value is -7.06. The molecule has 0 saturated heterocycles. The van der Waals surface area contributed by atoms with E-state index in [4.69, 9.17) is 4.74 Å². The van der Waals surface area contributed by atoms with E-state index in [0.29, 0.717) is 59.8 Å². The van der Waals surface area contributed by atoms with Crippen molar-refractivity contribution in [2.24, 2.45) is 0 Å². The van der Waals surface area contributed by atoms with Gasteiger partial charge in [0.15, 0.2) is 20.9 Å². The van der Waals surface area contributed by atoms with Crippen molar-refractivity contribution in [1.29, 1.82) is 0 Å². The molecule has 0 aliphatic carbocycles. The van der Waals surface area contributed by atoms with Crippen molar-refractivity contribution >= 4 is 43.7 Å². The first kappa shape index (κ1) is 50.4. The number of hydrogen-bond donors (Lipinski definition) is 0. The summed E-state index contributed by atoms with van der Waals surface area (Å²) in [6, 6.07) is 39.1. The number of Topliss-reactive ketones (excluding diaryl/α,β-unsaturated/α-hetero) is 1. The fourth-order valence-electron chi connectivity index (χ4n) is 7.39. The van der Waals surface area contributed by atoms with Gasteiger partial charge in [-0.25, -0.2) is 0 Å². The van der Waals surface area contributed by atoms with Crippen LogP contribution < -0.4 is 26.6 Å². The van der Waals surface area contributed by atoms with Gasteiger partial charge in [0.1, 0.15) is 23.9 Å². The second kappa shape index (κ2) is 20.0. The molecule has 7 rings (SSSR count). The quantitative estimate of drug-likeness (QED) is 0.0476. The van der Waals surface area contributed by atoms with Gasteiger partial charge >= 0.3 is 24.7 Å². The summed E-state index contributed by atoms with van der Waals surface area (Å²) < 4.78 is 178. The summed E-state index contributed by atoms with van der Waals surface area (Å²) in [6.45, 7) is 0. The number of ether oxygens (including phenoxy) is 1. The highest BCUT2D eigenvalue weighted by molar-refractivity contribution is 8.07. The van der Waals surface area contributed by atoms with Gasteiger partial charge in [-0.05, 0) is 54.5 Å². The molecule has 350 valence electrons. The third-order valence-corrected chi connectivity index (χ3v) is 12.0. The smallest absolute Gasteiger partial charge is 0.416 e. The lowest BCUT2D eigenvalue weighted by Gasteiger charge is -2.44. The number of halogens is 12. The van der Waals surface area contributed by atoms with Crippen LogP contribution in [0.5, 0.6) is 11.5 Å². The monoisotopic (exact) mass is 966 g/mol. The van der Waals surface area contributed by atoms with Crippen LogP contribution >= 0.6 is 0 Å². The standard InChI is InChI=1S/C28H16BF12.C23H19O3S/c30-25(31,32)17-1-9-21(10-2-17)29(22-11-3-18(4-12-22)26(33,34)35,23-13-5-19(6-14-23)27(36,37)38)24-15-7-20(8-16-24)28(39,40)41;1-27(25,17-16-19-8-4-2-5-9-19)18-23(24)20-12-14-22(15-13-20)26-21-10-6-3-7-11-21/h1-16H;2-15H,18H2,1H3/q-1;+1. The van der Waals surface area contributed by atoms with Crippen molar-refractivity contribution in [3.63, 3.8) is 0 Å².